The third kappa shape index (κ3) is 4.02. The molecule has 1 aromatic rings. The molecule has 0 fully saturated rings. The summed E-state index contributed by atoms with van der Waals surface area (Å²) in [5.74, 6) is 0.460. The summed E-state index contributed by atoms with van der Waals surface area (Å²) < 4.78 is 37.1. The Hall–Kier alpha value is -1.03. The Kier molecular flexibility index (Phi) is 4.79. The highest BCUT2D eigenvalue weighted by molar-refractivity contribution is 5.25. The molecule has 0 saturated heterocycles. The Labute approximate surface area is 106 Å². The average molecular weight is 260 g/mol. The number of hydrogen-bond donors (Lipinski definition) is 1. The fourth-order valence-electron chi connectivity index (χ4n) is 1.70. The van der Waals surface area contributed by atoms with Crippen molar-refractivity contribution in [3.05, 3.63) is 35.4 Å². The minimum atomic E-state index is -4.30. The van der Waals surface area contributed by atoms with Gasteiger partial charge in [-0.25, -0.2) is 0 Å². The van der Waals surface area contributed by atoms with Crippen molar-refractivity contribution in [1.29, 1.82) is 0 Å². The first-order valence-corrected chi connectivity index (χ1v) is 6.06. The molecule has 1 aromatic carbocycles. The van der Waals surface area contributed by atoms with E-state index in [-0.39, 0.29) is 5.92 Å². The van der Waals surface area contributed by atoms with Gasteiger partial charge < -0.3 is 5.11 Å². The molecule has 1 N–H and O–H groups in total. The molecule has 0 amide bonds. The molecule has 1 nitrogen and oxygen atoms in total. The van der Waals surface area contributed by atoms with E-state index >= 15 is 0 Å². The van der Waals surface area contributed by atoms with Gasteiger partial charge in [0.05, 0.1) is 11.7 Å². The average Bonchev–Trinajstić information content (AvgIpc) is 2.27. The topological polar surface area (TPSA) is 20.2 Å². The van der Waals surface area contributed by atoms with Gasteiger partial charge in [-0.2, -0.15) is 13.2 Å². The van der Waals surface area contributed by atoms with Gasteiger partial charge in [-0.15, -0.1) is 0 Å². The van der Waals surface area contributed by atoms with Gasteiger partial charge >= 0.3 is 6.18 Å². The largest absolute Gasteiger partial charge is 0.416 e. The van der Waals surface area contributed by atoms with Crippen LogP contribution in [0.4, 0.5) is 13.2 Å². The van der Waals surface area contributed by atoms with Gasteiger partial charge in [0, 0.05) is 0 Å². The second-order valence-electron chi connectivity index (χ2n) is 5.07. The maximum absolute atomic E-state index is 12.4. The van der Waals surface area contributed by atoms with Gasteiger partial charge in [-0.05, 0) is 36.0 Å². The van der Waals surface area contributed by atoms with Crippen LogP contribution in [0.3, 0.4) is 0 Å². The molecule has 2 unspecified atom stereocenters. The molecule has 0 bridgehead atoms. The van der Waals surface area contributed by atoms with Crippen LogP contribution >= 0.6 is 0 Å². The van der Waals surface area contributed by atoms with Crippen molar-refractivity contribution in [2.24, 2.45) is 11.8 Å². The summed E-state index contributed by atoms with van der Waals surface area (Å²) in [4.78, 5) is 0. The summed E-state index contributed by atoms with van der Waals surface area (Å²) in [6.07, 6.45) is -4.44. The molecule has 0 saturated carbocycles. The van der Waals surface area contributed by atoms with Crippen LogP contribution < -0.4 is 0 Å². The van der Waals surface area contributed by atoms with Gasteiger partial charge in [0.1, 0.15) is 0 Å². The molecule has 102 valence electrons. The number of alkyl halides is 3. The van der Waals surface area contributed by atoms with Gasteiger partial charge in [-0.3, -0.25) is 0 Å². The molecule has 4 heteroatoms. The Morgan fingerprint density at radius 2 is 1.56 bits per heavy atom. The van der Waals surface area contributed by atoms with Crippen molar-refractivity contribution in [3.63, 3.8) is 0 Å². The lowest BCUT2D eigenvalue weighted by atomic mass is 9.88. The third-order valence-electron chi connectivity index (χ3n) is 3.38. The third-order valence-corrected chi connectivity index (χ3v) is 3.38. The lowest BCUT2D eigenvalue weighted by Crippen LogP contribution is -2.24. The maximum atomic E-state index is 12.4. The first-order chi connectivity index (χ1) is 8.21. The quantitative estimate of drug-likeness (QED) is 0.870. The van der Waals surface area contributed by atoms with E-state index in [2.05, 4.69) is 0 Å². The van der Waals surface area contributed by atoms with Crippen molar-refractivity contribution < 1.29 is 18.3 Å². The molecule has 2 atom stereocenters. The van der Waals surface area contributed by atoms with E-state index in [9.17, 15) is 18.3 Å². The fraction of sp³-hybridized carbons (Fsp3) is 0.571. The number of aliphatic hydroxyl groups excluding tert-OH is 1. The molecule has 0 aliphatic heterocycles. The molecule has 0 heterocycles. The van der Waals surface area contributed by atoms with Gasteiger partial charge in [0.2, 0.25) is 0 Å². The van der Waals surface area contributed by atoms with E-state index < -0.39 is 17.8 Å². The molecule has 0 aliphatic carbocycles. The van der Waals surface area contributed by atoms with Crippen molar-refractivity contribution in [2.45, 2.75) is 39.5 Å². The highest BCUT2D eigenvalue weighted by Gasteiger charge is 2.30. The maximum Gasteiger partial charge on any atom is 0.416 e. The zero-order chi connectivity index (χ0) is 13.9. The summed E-state index contributed by atoms with van der Waals surface area (Å²) in [5.41, 5.74) is 0.0700. The molecule has 1 rings (SSSR count). The van der Waals surface area contributed by atoms with Crippen LogP contribution in [0.2, 0.25) is 0 Å². The van der Waals surface area contributed by atoms with E-state index in [4.69, 9.17) is 0 Å². The summed E-state index contributed by atoms with van der Waals surface area (Å²) in [7, 11) is 0. The monoisotopic (exact) mass is 260 g/mol. The van der Waals surface area contributed by atoms with Crippen LogP contribution in [0.5, 0.6) is 0 Å². The molecular weight excluding hydrogens is 241 g/mol. The highest BCUT2D eigenvalue weighted by atomic mass is 19.4. The number of hydrogen-bond acceptors (Lipinski definition) is 1. The van der Waals surface area contributed by atoms with Gasteiger partial charge in [-0.1, -0.05) is 32.9 Å². The van der Waals surface area contributed by atoms with E-state index in [1.54, 1.807) is 0 Å². The lowest BCUT2D eigenvalue weighted by molar-refractivity contribution is -0.137. The second-order valence-corrected chi connectivity index (χ2v) is 5.07. The van der Waals surface area contributed by atoms with Crippen LogP contribution in [0, 0.1) is 11.8 Å². The molecule has 0 radical (unpaired) electrons. The molecule has 0 aliphatic rings. The van der Waals surface area contributed by atoms with Crippen molar-refractivity contribution in [1.82, 2.24) is 0 Å². The zero-order valence-corrected chi connectivity index (χ0v) is 10.8. The van der Waals surface area contributed by atoms with Gasteiger partial charge in [0.25, 0.3) is 0 Å². The normalized spacial score (nSPS) is 15.8. The zero-order valence-electron chi connectivity index (χ0n) is 10.8. The standard InChI is InChI=1S/C14H19F3O/c1-9(2)10(3)13(18)8-11-4-6-12(7-5-11)14(15,16)17/h4-7,9-10,13,18H,8H2,1-3H3. The Bertz CT molecular complexity index is 368. The van der Waals surface area contributed by atoms with E-state index in [0.29, 0.717) is 12.3 Å². The predicted molar refractivity (Wildman–Crippen MR) is 65.2 cm³/mol. The summed E-state index contributed by atoms with van der Waals surface area (Å²) in [6.45, 7) is 5.97. The first kappa shape index (κ1) is 15.0. The number of benzene rings is 1. The Balaban J connectivity index is 2.70. The Morgan fingerprint density at radius 1 is 1.06 bits per heavy atom. The minimum absolute atomic E-state index is 0.118. The van der Waals surface area contributed by atoms with E-state index in [0.717, 1.165) is 17.7 Å². The van der Waals surface area contributed by atoms with Crippen LogP contribution in [0.1, 0.15) is 31.9 Å². The van der Waals surface area contributed by atoms with Crippen molar-refractivity contribution in [3.8, 4) is 0 Å². The minimum Gasteiger partial charge on any atom is -0.392 e. The summed E-state index contributed by atoms with van der Waals surface area (Å²) >= 11 is 0. The van der Waals surface area contributed by atoms with Crippen LogP contribution in [-0.4, -0.2) is 11.2 Å². The van der Waals surface area contributed by atoms with Crippen LogP contribution in [0.25, 0.3) is 0 Å². The molecule has 18 heavy (non-hydrogen) atoms. The molecular formula is C14H19F3O. The smallest absolute Gasteiger partial charge is 0.392 e. The first-order valence-electron chi connectivity index (χ1n) is 6.06. The van der Waals surface area contributed by atoms with Crippen LogP contribution in [0.15, 0.2) is 24.3 Å². The summed E-state index contributed by atoms with van der Waals surface area (Å²) in [6, 6.07) is 4.97. The number of halogens is 3. The highest BCUT2D eigenvalue weighted by Crippen LogP contribution is 2.29. The molecule has 0 aromatic heterocycles. The number of rotatable bonds is 4. The van der Waals surface area contributed by atoms with Crippen LogP contribution in [-0.2, 0) is 12.6 Å². The lowest BCUT2D eigenvalue weighted by Gasteiger charge is -2.22. The van der Waals surface area contributed by atoms with E-state index in [1.807, 2.05) is 20.8 Å². The fourth-order valence-corrected chi connectivity index (χ4v) is 1.70. The van der Waals surface area contributed by atoms with Crippen molar-refractivity contribution in [2.75, 3.05) is 0 Å². The number of aliphatic hydroxyl groups is 1. The predicted octanol–water partition coefficient (Wildman–Crippen LogP) is 3.90. The summed E-state index contributed by atoms with van der Waals surface area (Å²) in [5, 5.41) is 9.95. The second kappa shape index (κ2) is 5.74. The SMILES string of the molecule is CC(C)C(C)C(O)Cc1ccc(C(F)(F)F)cc1. The van der Waals surface area contributed by atoms with E-state index in [1.165, 1.54) is 12.1 Å². The Morgan fingerprint density at radius 3 is 1.94 bits per heavy atom. The molecule has 0 spiro atoms. The van der Waals surface area contributed by atoms with Gasteiger partial charge in [0.15, 0.2) is 0 Å². The van der Waals surface area contributed by atoms with Crippen molar-refractivity contribution >= 4 is 0 Å².